The third kappa shape index (κ3) is 3.70. The Morgan fingerprint density at radius 2 is 2.16 bits per heavy atom. The lowest BCUT2D eigenvalue weighted by Crippen LogP contribution is -2.06. The summed E-state index contributed by atoms with van der Waals surface area (Å²) in [6.07, 6.45) is 6.83. The van der Waals surface area contributed by atoms with Crippen molar-refractivity contribution in [2.45, 2.75) is 56.6 Å². The molecule has 2 rings (SSSR count). The Morgan fingerprint density at radius 1 is 1.47 bits per heavy atom. The molecule has 1 aromatic heterocycles. The molecule has 1 aliphatic rings. The van der Waals surface area contributed by atoms with Gasteiger partial charge in [-0.25, -0.2) is 8.42 Å². The van der Waals surface area contributed by atoms with Gasteiger partial charge in [-0.05, 0) is 19.3 Å². The average Bonchev–Trinajstić information content (AvgIpc) is 2.96. The highest BCUT2D eigenvalue weighted by Crippen LogP contribution is 2.31. The molecule has 0 unspecified atom stereocenters. The van der Waals surface area contributed by atoms with Crippen LogP contribution in [0.5, 0.6) is 0 Å². The second-order valence-corrected chi connectivity index (χ2v) is 7.38. The molecule has 0 amide bonds. The summed E-state index contributed by atoms with van der Waals surface area (Å²) in [6.45, 7) is 2.77. The molecule has 0 atom stereocenters. The molecular formula is C12H19ClN2O3S. The molecule has 5 nitrogen and oxygen atoms in total. The Morgan fingerprint density at radius 3 is 2.74 bits per heavy atom. The van der Waals surface area contributed by atoms with E-state index in [1.165, 1.54) is 0 Å². The molecule has 1 heterocycles. The minimum atomic E-state index is -3.77. The number of rotatable bonds is 6. The van der Waals surface area contributed by atoms with Crippen molar-refractivity contribution >= 4 is 19.7 Å². The Kier molecular flexibility index (Phi) is 4.86. The molecule has 0 aromatic carbocycles. The molecule has 1 aromatic rings. The number of ether oxygens (including phenoxy) is 1. The van der Waals surface area contributed by atoms with Gasteiger partial charge < -0.3 is 4.74 Å². The van der Waals surface area contributed by atoms with Gasteiger partial charge in [-0.3, -0.25) is 4.68 Å². The third-order valence-corrected chi connectivity index (χ3v) is 4.68. The van der Waals surface area contributed by atoms with E-state index in [2.05, 4.69) is 5.10 Å². The van der Waals surface area contributed by atoms with Crippen LogP contribution in [-0.4, -0.2) is 24.8 Å². The molecule has 7 heteroatoms. The first-order valence-electron chi connectivity index (χ1n) is 6.62. The van der Waals surface area contributed by atoms with Crippen LogP contribution in [0.3, 0.4) is 0 Å². The number of hydrogen-bond acceptors (Lipinski definition) is 4. The summed E-state index contributed by atoms with van der Waals surface area (Å²) in [4.78, 5) is 0.0807. The van der Waals surface area contributed by atoms with Crippen LogP contribution in [0.1, 0.15) is 50.8 Å². The van der Waals surface area contributed by atoms with Crippen molar-refractivity contribution in [1.82, 2.24) is 9.78 Å². The normalized spacial score (nSPS) is 17.2. The van der Waals surface area contributed by atoms with Crippen LogP contribution in [0, 0.1) is 0 Å². The molecule has 19 heavy (non-hydrogen) atoms. The molecular weight excluding hydrogens is 288 g/mol. The highest BCUT2D eigenvalue weighted by Gasteiger charge is 2.24. The number of nitrogens with zero attached hydrogens (tertiary/aromatic N) is 2. The summed E-state index contributed by atoms with van der Waals surface area (Å²) >= 11 is 0. The lowest BCUT2D eigenvalue weighted by atomic mass is 10.3. The van der Waals surface area contributed by atoms with Crippen LogP contribution in [0.2, 0.25) is 0 Å². The molecule has 0 spiro atoms. The van der Waals surface area contributed by atoms with Gasteiger partial charge in [0.1, 0.15) is 10.6 Å². The quantitative estimate of drug-likeness (QED) is 0.599. The number of hydrogen-bond donors (Lipinski definition) is 0. The maximum absolute atomic E-state index is 11.6. The van der Waals surface area contributed by atoms with E-state index in [1.807, 2.05) is 6.92 Å². The number of aromatic nitrogens is 2. The first-order valence-corrected chi connectivity index (χ1v) is 8.93. The van der Waals surface area contributed by atoms with E-state index in [4.69, 9.17) is 15.4 Å². The second kappa shape index (κ2) is 6.24. The maximum atomic E-state index is 11.6. The van der Waals surface area contributed by atoms with Crippen LogP contribution in [-0.2, 0) is 20.4 Å². The summed E-state index contributed by atoms with van der Waals surface area (Å²) in [5.41, 5.74) is 0.412. The highest BCUT2D eigenvalue weighted by molar-refractivity contribution is 8.13. The van der Waals surface area contributed by atoms with E-state index in [0.29, 0.717) is 12.3 Å². The van der Waals surface area contributed by atoms with Crippen molar-refractivity contribution in [1.29, 1.82) is 0 Å². The minimum Gasteiger partial charge on any atom is -0.375 e. The molecule has 108 valence electrons. The molecule has 1 aliphatic carbocycles. The van der Waals surface area contributed by atoms with E-state index < -0.39 is 9.05 Å². The molecule has 0 aliphatic heterocycles. The highest BCUT2D eigenvalue weighted by atomic mass is 35.7. The van der Waals surface area contributed by atoms with Crippen LogP contribution in [0.15, 0.2) is 11.1 Å². The van der Waals surface area contributed by atoms with Gasteiger partial charge in [0.05, 0.1) is 12.6 Å². The Bertz CT molecular complexity index is 521. The van der Waals surface area contributed by atoms with Gasteiger partial charge in [-0.1, -0.05) is 19.8 Å². The Labute approximate surface area is 118 Å². The summed E-state index contributed by atoms with van der Waals surface area (Å²) < 4.78 is 30.3. The van der Waals surface area contributed by atoms with Gasteiger partial charge in [0.15, 0.2) is 0 Å². The number of halogens is 1. The van der Waals surface area contributed by atoms with E-state index in [9.17, 15) is 8.42 Å². The average molecular weight is 307 g/mol. The Balaban J connectivity index is 2.23. The fourth-order valence-electron chi connectivity index (χ4n) is 2.38. The summed E-state index contributed by atoms with van der Waals surface area (Å²) in [6, 6.07) is 0.289. The van der Waals surface area contributed by atoms with Crippen LogP contribution >= 0.6 is 10.7 Å². The van der Waals surface area contributed by atoms with E-state index >= 15 is 0 Å². The predicted molar refractivity (Wildman–Crippen MR) is 72.7 cm³/mol. The van der Waals surface area contributed by atoms with Gasteiger partial charge in [0.25, 0.3) is 9.05 Å². The fraction of sp³-hybridized carbons (Fsp3) is 0.750. The van der Waals surface area contributed by atoms with Crippen molar-refractivity contribution < 1.29 is 13.2 Å². The molecule has 0 N–H and O–H groups in total. The van der Waals surface area contributed by atoms with Crippen molar-refractivity contribution in [3.05, 3.63) is 11.9 Å². The fourth-order valence-corrected chi connectivity index (χ4v) is 3.39. The lowest BCUT2D eigenvalue weighted by molar-refractivity contribution is 0.116. The van der Waals surface area contributed by atoms with E-state index in [0.717, 1.165) is 32.1 Å². The standard InChI is InChI=1S/C12H19ClN2O3S/c1-2-7-18-9-11-12(19(13,16)17)8-15(14-11)10-5-3-4-6-10/h8,10H,2-7,9H2,1H3. The molecule has 1 saturated carbocycles. The van der Waals surface area contributed by atoms with Gasteiger partial charge in [0.2, 0.25) is 0 Å². The van der Waals surface area contributed by atoms with Crippen molar-refractivity contribution in [2.75, 3.05) is 6.61 Å². The maximum Gasteiger partial charge on any atom is 0.264 e. The van der Waals surface area contributed by atoms with E-state index in [1.54, 1.807) is 10.9 Å². The predicted octanol–water partition coefficient (Wildman–Crippen LogP) is 2.85. The summed E-state index contributed by atoms with van der Waals surface area (Å²) in [5.74, 6) is 0. The monoisotopic (exact) mass is 306 g/mol. The summed E-state index contributed by atoms with van der Waals surface area (Å²) in [7, 11) is 1.69. The zero-order chi connectivity index (χ0) is 13.9. The molecule has 0 saturated heterocycles. The second-order valence-electron chi connectivity index (χ2n) is 4.85. The molecule has 0 bridgehead atoms. The van der Waals surface area contributed by atoms with Crippen molar-refractivity contribution in [2.24, 2.45) is 0 Å². The van der Waals surface area contributed by atoms with Gasteiger partial charge in [-0.2, -0.15) is 5.10 Å². The van der Waals surface area contributed by atoms with Crippen molar-refractivity contribution in [3.8, 4) is 0 Å². The molecule has 0 radical (unpaired) electrons. The smallest absolute Gasteiger partial charge is 0.264 e. The summed E-state index contributed by atoms with van der Waals surface area (Å²) in [5, 5.41) is 4.36. The topological polar surface area (TPSA) is 61.2 Å². The Hall–Kier alpha value is -0.590. The SMILES string of the molecule is CCCOCc1nn(C2CCCC2)cc1S(=O)(=O)Cl. The zero-order valence-corrected chi connectivity index (χ0v) is 12.6. The molecule has 1 fully saturated rings. The minimum absolute atomic E-state index is 0.0807. The van der Waals surface area contributed by atoms with Crippen LogP contribution in [0.25, 0.3) is 0 Å². The van der Waals surface area contributed by atoms with E-state index in [-0.39, 0.29) is 17.5 Å². The zero-order valence-electron chi connectivity index (χ0n) is 11.0. The lowest BCUT2D eigenvalue weighted by Gasteiger charge is -2.08. The van der Waals surface area contributed by atoms with Crippen LogP contribution < -0.4 is 0 Å². The van der Waals surface area contributed by atoms with Gasteiger partial charge in [0, 0.05) is 23.5 Å². The first-order chi connectivity index (χ1) is 9.02. The van der Waals surface area contributed by atoms with Crippen LogP contribution in [0.4, 0.5) is 0 Å². The van der Waals surface area contributed by atoms with Gasteiger partial charge in [-0.15, -0.1) is 0 Å². The largest absolute Gasteiger partial charge is 0.375 e. The third-order valence-electron chi connectivity index (χ3n) is 3.32. The first kappa shape index (κ1) is 14.8. The van der Waals surface area contributed by atoms with Crippen molar-refractivity contribution in [3.63, 3.8) is 0 Å². The van der Waals surface area contributed by atoms with Gasteiger partial charge >= 0.3 is 0 Å².